The average Bonchev–Trinajstić information content (AvgIpc) is 0.793. The monoisotopic (exact) mass is 1330 g/mol. The number of ketones is 1. The van der Waals surface area contributed by atoms with Gasteiger partial charge in [0.1, 0.15) is 29.2 Å². The number of carboxylic acid groups (broad SMARTS) is 1. The molecule has 2 aliphatic rings. The molecule has 0 amide bonds. The molecule has 8 rings (SSSR count). The smallest absolute Gasteiger partial charge is 0.326 e. The van der Waals surface area contributed by atoms with Gasteiger partial charge in [-0.15, -0.1) is 0 Å². The molecule has 0 spiro atoms. The number of hydrogen-bond donors (Lipinski definition) is 2. The number of carboxylic acids is 1. The number of carbonyl (C=O) groups is 4. The van der Waals surface area contributed by atoms with Crippen molar-refractivity contribution in [2.24, 2.45) is 17.6 Å². The largest absolute Gasteiger partial charge is 0.496 e. The van der Waals surface area contributed by atoms with Crippen molar-refractivity contribution in [2.45, 2.75) is 186 Å². The van der Waals surface area contributed by atoms with Crippen molar-refractivity contribution in [1.82, 2.24) is 18.9 Å². The molecule has 2 unspecified atom stereocenters. The van der Waals surface area contributed by atoms with Gasteiger partial charge in [0.05, 0.1) is 46.3 Å². The third-order valence-electron chi connectivity index (χ3n) is 18.3. The number of aryl methyl sites for hydroxylation is 6. The van der Waals surface area contributed by atoms with E-state index >= 15 is 4.39 Å². The van der Waals surface area contributed by atoms with Crippen molar-refractivity contribution in [1.29, 1.82) is 0 Å². The van der Waals surface area contributed by atoms with Crippen LogP contribution in [-0.4, -0.2) is 114 Å². The van der Waals surface area contributed by atoms with E-state index in [1.807, 2.05) is 99.7 Å². The summed E-state index contributed by atoms with van der Waals surface area (Å²) in [6.45, 7) is 33.4. The fourth-order valence-corrected chi connectivity index (χ4v) is 12.8. The summed E-state index contributed by atoms with van der Waals surface area (Å²) < 4.78 is 55.0. The van der Waals surface area contributed by atoms with E-state index < -0.39 is 47.8 Å². The second-order valence-electron chi connectivity index (χ2n) is 26.5. The summed E-state index contributed by atoms with van der Waals surface area (Å²) in [5, 5.41) is 9.46. The lowest BCUT2D eigenvalue weighted by atomic mass is 9.83. The second-order valence-corrected chi connectivity index (χ2v) is 26.5. The third kappa shape index (κ3) is 20.6. The quantitative estimate of drug-likeness (QED) is 0.0439. The lowest BCUT2D eigenvalue weighted by Crippen LogP contribution is -2.38. The minimum Gasteiger partial charge on any atom is -0.496 e. The SMILES string of the molecule is C.CCOC(=O)C[C@H](CC(=O)C(CC(C)C)n1cc(CCN2CCC2)c(C)cc1=O)c1cc(-c2c(C)ccc(OC)c2C)cc(C)c1F.CCOC(=O)C[C@H](N)c1cc(-c2c(C)ccc(OC)c2C)cc(C)c1F.Cc1cc(=O)n(C(CC(C)C)C(=O)O)cc1CCN1CCC1. The molecule has 3 N–H and O–H groups in total. The maximum absolute atomic E-state index is 16.1. The molecular formula is C78H107F2N5O11. The van der Waals surface area contributed by atoms with Gasteiger partial charge in [-0.2, -0.15) is 0 Å². The molecule has 6 aromatic rings. The first-order chi connectivity index (χ1) is 45.0. The summed E-state index contributed by atoms with van der Waals surface area (Å²) in [5.41, 5.74) is 18.6. The Morgan fingerprint density at radius 1 is 0.552 bits per heavy atom. The number of ether oxygens (including phenoxy) is 4. The van der Waals surface area contributed by atoms with Crippen LogP contribution in [0.25, 0.3) is 22.3 Å². The van der Waals surface area contributed by atoms with Crippen LogP contribution in [0.5, 0.6) is 11.5 Å². The molecule has 524 valence electrons. The number of aliphatic carboxylic acids is 1. The van der Waals surface area contributed by atoms with Crippen LogP contribution >= 0.6 is 0 Å². The van der Waals surface area contributed by atoms with Crippen molar-refractivity contribution in [3.05, 3.63) is 172 Å². The van der Waals surface area contributed by atoms with Gasteiger partial charge in [-0.1, -0.05) is 47.3 Å². The van der Waals surface area contributed by atoms with Crippen LogP contribution in [0, 0.1) is 78.9 Å². The van der Waals surface area contributed by atoms with E-state index in [4.69, 9.17) is 24.7 Å². The van der Waals surface area contributed by atoms with Crippen LogP contribution in [0.15, 0.2) is 82.6 Å². The molecule has 16 nitrogen and oxygen atoms in total. The summed E-state index contributed by atoms with van der Waals surface area (Å²) in [6, 6.07) is 15.7. The summed E-state index contributed by atoms with van der Waals surface area (Å²) in [7, 11) is 3.24. The highest BCUT2D eigenvalue weighted by atomic mass is 19.1. The van der Waals surface area contributed by atoms with Gasteiger partial charge in [0.15, 0.2) is 5.78 Å². The van der Waals surface area contributed by atoms with Crippen LogP contribution < -0.4 is 26.3 Å². The average molecular weight is 1330 g/mol. The number of aromatic nitrogens is 2. The molecule has 2 aliphatic heterocycles. The molecular weight excluding hydrogens is 1220 g/mol. The van der Waals surface area contributed by atoms with E-state index in [1.54, 1.807) is 89.1 Å². The summed E-state index contributed by atoms with van der Waals surface area (Å²) >= 11 is 0. The molecule has 4 aromatic carbocycles. The number of carbonyl (C=O) groups excluding carboxylic acids is 3. The van der Waals surface area contributed by atoms with E-state index in [0.29, 0.717) is 29.5 Å². The van der Waals surface area contributed by atoms with E-state index in [9.17, 15) is 38.3 Å². The van der Waals surface area contributed by atoms with Gasteiger partial charge in [-0.05, 0) is 266 Å². The highest BCUT2D eigenvalue weighted by Gasteiger charge is 2.32. The van der Waals surface area contributed by atoms with E-state index in [1.165, 1.54) is 17.4 Å². The van der Waals surface area contributed by atoms with Crippen LogP contribution in [0.3, 0.4) is 0 Å². The first-order valence-corrected chi connectivity index (χ1v) is 33.6. The van der Waals surface area contributed by atoms with Crippen LogP contribution in [0.4, 0.5) is 8.78 Å². The third-order valence-corrected chi connectivity index (χ3v) is 18.3. The Bertz CT molecular complexity index is 3790. The number of nitrogens with two attached hydrogens (primary N) is 1. The number of hydrogen-bond acceptors (Lipinski definition) is 13. The summed E-state index contributed by atoms with van der Waals surface area (Å²) in [5.74, 6) is -1.87. The Morgan fingerprint density at radius 2 is 0.958 bits per heavy atom. The number of nitrogens with zero attached hydrogens (tertiary/aromatic N) is 4. The summed E-state index contributed by atoms with van der Waals surface area (Å²) in [4.78, 5) is 80.9. The zero-order chi connectivity index (χ0) is 70.1. The molecule has 2 saturated heterocycles. The standard InChI is InChI=1S/C39H51FN2O5.C21H26FNO3.C17H26N2O3.CH4/c1-9-47-37(45)22-30(32-20-31(18-27(6)39(32)40)38-25(4)11-12-35(46-8)28(38)7)21-34(43)33(17-24(2)3)42-23-29(26(5)19-36(42)44)13-16-41-14-10-15-41;1-6-26-19(24)11-17(23)16-10-15(9-13(3)21(16)22)20-12(2)7-8-18(25-5)14(20)4;1-12(2)9-15(17(21)22)19-11-14(13(3)10-16(19)20)5-8-18-6-4-7-18;/h11-12,18-20,23-24,30,33H,9-10,13-17,21-22H2,1-8H3;7-10,17H,6,11,23H2,1-5H3;10-12,15H,4-9H2,1-3H3,(H,21,22);1H4/t30-,33?;17-;;/m00../s1. The van der Waals surface area contributed by atoms with Gasteiger partial charge in [0.2, 0.25) is 0 Å². The predicted octanol–water partition coefficient (Wildman–Crippen LogP) is 14.5. The number of esters is 2. The molecule has 0 aliphatic carbocycles. The van der Waals surface area contributed by atoms with Crippen LogP contribution in [-0.2, 0) is 41.5 Å². The molecule has 0 radical (unpaired) electrons. The number of Topliss-reactive ketones (excluding diaryl/α,β-unsaturated/α-hetero) is 1. The highest BCUT2D eigenvalue weighted by molar-refractivity contribution is 5.85. The lowest BCUT2D eigenvalue weighted by molar-refractivity contribution is -0.144. The van der Waals surface area contributed by atoms with E-state index in [2.05, 4.69) is 9.80 Å². The number of benzene rings is 4. The Hall–Kier alpha value is -7.80. The maximum atomic E-state index is 16.1. The molecule has 2 fully saturated rings. The topological polar surface area (TPSA) is 202 Å². The molecule has 96 heavy (non-hydrogen) atoms. The fraction of sp³-hybridized carbons (Fsp3) is 0.513. The lowest BCUT2D eigenvalue weighted by Gasteiger charge is -2.31. The van der Waals surface area contributed by atoms with Gasteiger partial charge < -0.3 is 48.7 Å². The summed E-state index contributed by atoms with van der Waals surface area (Å²) in [6.07, 6.45) is 8.30. The van der Waals surface area contributed by atoms with Gasteiger partial charge in [0, 0.05) is 61.6 Å². The van der Waals surface area contributed by atoms with Crippen molar-refractivity contribution in [2.75, 3.05) is 66.7 Å². The second kappa shape index (κ2) is 36.5. The van der Waals surface area contributed by atoms with E-state index in [0.717, 1.165) is 130 Å². The van der Waals surface area contributed by atoms with Gasteiger partial charge in [-0.25, -0.2) is 13.6 Å². The Labute approximate surface area is 568 Å². The molecule has 2 aromatic heterocycles. The zero-order valence-corrected chi connectivity index (χ0v) is 59.1. The Morgan fingerprint density at radius 3 is 1.35 bits per heavy atom. The van der Waals surface area contributed by atoms with Crippen LogP contribution in [0.2, 0.25) is 0 Å². The van der Waals surface area contributed by atoms with Crippen molar-refractivity contribution in [3.63, 3.8) is 0 Å². The Balaban J connectivity index is 0.000000286. The Kier molecular flexibility index (Phi) is 30.0. The van der Waals surface area contributed by atoms with Crippen molar-refractivity contribution >= 4 is 23.7 Å². The van der Waals surface area contributed by atoms with Crippen molar-refractivity contribution in [3.8, 4) is 33.8 Å². The number of likely N-dealkylation sites (tertiary alicyclic amines) is 2. The highest BCUT2D eigenvalue weighted by Crippen LogP contribution is 2.40. The first-order valence-electron chi connectivity index (χ1n) is 33.6. The van der Waals surface area contributed by atoms with E-state index in [-0.39, 0.29) is 80.0 Å². The number of methoxy groups -OCH3 is 2. The number of rotatable bonds is 28. The molecule has 18 heteroatoms. The van der Waals surface area contributed by atoms with Gasteiger partial charge in [-0.3, -0.25) is 24.0 Å². The minimum absolute atomic E-state index is 0. The maximum Gasteiger partial charge on any atom is 0.326 e. The molecule has 4 heterocycles. The van der Waals surface area contributed by atoms with Crippen LogP contribution in [0.1, 0.15) is 185 Å². The minimum atomic E-state index is -0.937. The van der Waals surface area contributed by atoms with Gasteiger partial charge >= 0.3 is 17.9 Å². The number of pyridine rings is 2. The molecule has 0 saturated carbocycles. The molecule has 0 bridgehead atoms. The number of halogens is 2. The van der Waals surface area contributed by atoms with Gasteiger partial charge in [0.25, 0.3) is 11.1 Å². The normalized spacial score (nSPS) is 14.1. The zero-order valence-electron chi connectivity index (χ0n) is 59.1. The first kappa shape index (κ1) is 78.9. The molecule has 4 atom stereocenters. The predicted molar refractivity (Wildman–Crippen MR) is 379 cm³/mol. The van der Waals surface area contributed by atoms with Crippen molar-refractivity contribution < 1.29 is 52.0 Å². The fourth-order valence-electron chi connectivity index (χ4n) is 12.8.